The van der Waals surface area contributed by atoms with Gasteiger partial charge in [0.15, 0.2) is 5.16 Å². The van der Waals surface area contributed by atoms with E-state index in [1.807, 2.05) is 19.2 Å². The van der Waals surface area contributed by atoms with E-state index in [0.717, 1.165) is 49.3 Å². The molecule has 20 heavy (non-hydrogen) atoms. The van der Waals surface area contributed by atoms with E-state index >= 15 is 0 Å². The van der Waals surface area contributed by atoms with Gasteiger partial charge in [-0.15, -0.1) is 0 Å². The number of nitrogens with one attached hydrogen (secondary N) is 1. The first-order valence-corrected chi connectivity index (χ1v) is 8.46. The molecule has 2 N–H and O–H groups in total. The third kappa shape index (κ3) is 3.76. The second-order valence-corrected chi connectivity index (χ2v) is 6.03. The van der Waals surface area contributed by atoms with Crippen molar-refractivity contribution in [3.63, 3.8) is 0 Å². The second-order valence-electron chi connectivity index (χ2n) is 5.26. The maximum atomic E-state index is 9.71. The summed E-state index contributed by atoms with van der Waals surface area (Å²) in [7, 11) is 0. The molecule has 0 amide bonds. The topological polar surface area (TPSA) is 61.3 Å². The van der Waals surface area contributed by atoms with Gasteiger partial charge in [-0.1, -0.05) is 18.7 Å². The predicted octanol–water partition coefficient (Wildman–Crippen LogP) is 2.23. The molecule has 0 radical (unpaired) electrons. The van der Waals surface area contributed by atoms with Crippen LogP contribution >= 0.6 is 11.8 Å². The third-order valence-electron chi connectivity index (χ3n) is 3.66. The predicted molar refractivity (Wildman–Crippen MR) is 84.6 cm³/mol. The van der Waals surface area contributed by atoms with E-state index in [9.17, 15) is 5.11 Å². The average Bonchev–Trinajstić information content (AvgIpc) is 2.94. The van der Waals surface area contributed by atoms with E-state index in [0.29, 0.717) is 5.92 Å². The highest BCUT2D eigenvalue weighted by molar-refractivity contribution is 7.98. The summed E-state index contributed by atoms with van der Waals surface area (Å²) >= 11 is 1.56. The van der Waals surface area contributed by atoms with E-state index in [1.54, 1.807) is 11.8 Å². The van der Waals surface area contributed by atoms with Crippen molar-refractivity contribution in [3.05, 3.63) is 6.07 Å². The van der Waals surface area contributed by atoms with E-state index < -0.39 is 0 Å². The number of aliphatic hydroxyl groups is 1. The van der Waals surface area contributed by atoms with E-state index in [4.69, 9.17) is 0 Å². The first-order valence-electron chi connectivity index (χ1n) is 7.24. The van der Waals surface area contributed by atoms with Crippen molar-refractivity contribution >= 4 is 23.4 Å². The fourth-order valence-electron chi connectivity index (χ4n) is 2.40. The highest BCUT2D eigenvalue weighted by Crippen LogP contribution is 2.27. The summed E-state index contributed by atoms with van der Waals surface area (Å²) in [6.07, 6.45) is 3.83. The fourth-order valence-corrected chi connectivity index (χ4v) is 2.77. The second kappa shape index (κ2) is 7.13. The molecule has 0 aromatic carbocycles. The molecule has 0 bridgehead atoms. The standard InChI is InChI=1S/C14H24N4OS/c1-4-6-15-12-8-13(17-14(16-12)20-3)18-7-5-11(9-18)10(2)19/h8,10-11,19H,4-7,9H2,1-3H3,(H,15,16,17). The lowest BCUT2D eigenvalue weighted by molar-refractivity contribution is 0.136. The highest BCUT2D eigenvalue weighted by atomic mass is 32.2. The number of nitrogens with zero attached hydrogens (tertiary/aromatic N) is 3. The van der Waals surface area contributed by atoms with Crippen LogP contribution in [0.15, 0.2) is 11.2 Å². The van der Waals surface area contributed by atoms with Crippen LogP contribution in [0.2, 0.25) is 0 Å². The Morgan fingerprint density at radius 3 is 2.95 bits per heavy atom. The number of aromatic nitrogens is 2. The zero-order valence-electron chi connectivity index (χ0n) is 12.5. The summed E-state index contributed by atoms with van der Waals surface area (Å²) in [6.45, 7) is 6.75. The average molecular weight is 296 g/mol. The Morgan fingerprint density at radius 2 is 2.35 bits per heavy atom. The molecule has 0 aliphatic carbocycles. The molecule has 1 fully saturated rings. The summed E-state index contributed by atoms with van der Waals surface area (Å²) in [4.78, 5) is 11.3. The third-order valence-corrected chi connectivity index (χ3v) is 4.21. The SMILES string of the molecule is CCCNc1cc(N2CCC(C(C)O)C2)nc(SC)n1. The molecule has 1 saturated heterocycles. The molecule has 2 rings (SSSR count). The molecule has 0 saturated carbocycles. The van der Waals surface area contributed by atoms with Crippen LogP contribution in [0.3, 0.4) is 0 Å². The van der Waals surface area contributed by atoms with Crippen molar-refractivity contribution in [1.82, 2.24) is 9.97 Å². The van der Waals surface area contributed by atoms with Gasteiger partial charge in [-0.25, -0.2) is 9.97 Å². The zero-order chi connectivity index (χ0) is 14.5. The van der Waals surface area contributed by atoms with Gasteiger partial charge in [0.2, 0.25) is 0 Å². The molecule has 2 atom stereocenters. The summed E-state index contributed by atoms with van der Waals surface area (Å²) in [5.41, 5.74) is 0. The molecule has 2 heterocycles. The number of anilines is 2. The van der Waals surface area contributed by atoms with Gasteiger partial charge in [0.25, 0.3) is 0 Å². The summed E-state index contributed by atoms with van der Waals surface area (Å²) < 4.78 is 0. The molecule has 6 heteroatoms. The lowest BCUT2D eigenvalue weighted by Gasteiger charge is -2.20. The van der Waals surface area contributed by atoms with E-state index in [2.05, 4.69) is 27.1 Å². The van der Waals surface area contributed by atoms with Crippen LogP contribution in [0.1, 0.15) is 26.7 Å². The number of aliphatic hydroxyl groups excluding tert-OH is 1. The summed E-state index contributed by atoms with van der Waals surface area (Å²) in [5.74, 6) is 2.20. The van der Waals surface area contributed by atoms with Crippen molar-refractivity contribution in [2.75, 3.05) is 36.1 Å². The Bertz CT molecular complexity index is 441. The van der Waals surface area contributed by atoms with Gasteiger partial charge >= 0.3 is 0 Å². The maximum Gasteiger partial charge on any atom is 0.191 e. The number of thioether (sulfide) groups is 1. The minimum absolute atomic E-state index is 0.250. The van der Waals surface area contributed by atoms with Crippen LogP contribution in [0.4, 0.5) is 11.6 Å². The first kappa shape index (κ1) is 15.4. The van der Waals surface area contributed by atoms with Gasteiger partial charge in [0.1, 0.15) is 11.6 Å². The zero-order valence-corrected chi connectivity index (χ0v) is 13.3. The van der Waals surface area contributed by atoms with E-state index in [1.165, 1.54) is 0 Å². The number of rotatable bonds is 6. The van der Waals surface area contributed by atoms with Gasteiger partial charge in [-0.05, 0) is 26.0 Å². The van der Waals surface area contributed by atoms with Gasteiger partial charge in [0, 0.05) is 31.6 Å². The minimum Gasteiger partial charge on any atom is -0.393 e. The maximum absolute atomic E-state index is 9.71. The van der Waals surface area contributed by atoms with Gasteiger partial charge < -0.3 is 15.3 Å². The Labute approximate surface area is 125 Å². The van der Waals surface area contributed by atoms with Crippen LogP contribution in [-0.4, -0.2) is 47.1 Å². The number of hydrogen-bond donors (Lipinski definition) is 2. The molecule has 1 aromatic heterocycles. The van der Waals surface area contributed by atoms with Crippen LogP contribution in [0, 0.1) is 5.92 Å². The van der Waals surface area contributed by atoms with Crippen molar-refractivity contribution in [2.45, 2.75) is 37.9 Å². The van der Waals surface area contributed by atoms with Gasteiger partial charge in [-0.2, -0.15) is 0 Å². The smallest absolute Gasteiger partial charge is 0.191 e. The highest BCUT2D eigenvalue weighted by Gasteiger charge is 2.27. The molecule has 1 aliphatic rings. The molecular weight excluding hydrogens is 272 g/mol. The Hall–Kier alpha value is -1.01. The first-order chi connectivity index (χ1) is 9.63. The van der Waals surface area contributed by atoms with Crippen molar-refractivity contribution in [3.8, 4) is 0 Å². The van der Waals surface area contributed by atoms with Crippen LogP contribution in [0.5, 0.6) is 0 Å². The van der Waals surface area contributed by atoms with Crippen LogP contribution in [0.25, 0.3) is 0 Å². The summed E-state index contributed by atoms with van der Waals surface area (Å²) in [5, 5.41) is 13.8. The molecule has 0 spiro atoms. The normalized spacial score (nSPS) is 20.2. The lowest BCUT2D eigenvalue weighted by Crippen LogP contribution is -2.25. The van der Waals surface area contributed by atoms with Crippen LogP contribution < -0.4 is 10.2 Å². The molecule has 1 aliphatic heterocycles. The van der Waals surface area contributed by atoms with Gasteiger partial charge in [0.05, 0.1) is 6.10 Å². The van der Waals surface area contributed by atoms with E-state index in [-0.39, 0.29) is 6.10 Å². The minimum atomic E-state index is -0.250. The molecule has 1 aromatic rings. The molecule has 5 nitrogen and oxygen atoms in total. The molecule has 2 unspecified atom stereocenters. The number of hydrogen-bond acceptors (Lipinski definition) is 6. The largest absolute Gasteiger partial charge is 0.393 e. The van der Waals surface area contributed by atoms with Gasteiger partial charge in [-0.3, -0.25) is 0 Å². The van der Waals surface area contributed by atoms with Crippen molar-refractivity contribution in [2.24, 2.45) is 5.92 Å². The van der Waals surface area contributed by atoms with Crippen molar-refractivity contribution in [1.29, 1.82) is 0 Å². The fraction of sp³-hybridized carbons (Fsp3) is 0.714. The monoisotopic (exact) mass is 296 g/mol. The molecular formula is C14H24N4OS. The van der Waals surface area contributed by atoms with Crippen LogP contribution in [-0.2, 0) is 0 Å². The summed E-state index contributed by atoms with van der Waals surface area (Å²) in [6, 6.07) is 2.01. The molecule has 112 valence electrons. The Kier molecular flexibility index (Phi) is 5.48. The quantitative estimate of drug-likeness (QED) is 0.620. The Balaban J connectivity index is 2.14. The lowest BCUT2D eigenvalue weighted by atomic mass is 10.0. The van der Waals surface area contributed by atoms with Crippen molar-refractivity contribution < 1.29 is 5.11 Å². The Morgan fingerprint density at radius 1 is 1.55 bits per heavy atom.